The zero-order valence-electron chi connectivity index (χ0n) is 10.5. The van der Waals surface area contributed by atoms with E-state index in [0.29, 0.717) is 0 Å². The Balaban J connectivity index is 2.43. The number of hydrogen-bond donors (Lipinski definition) is 1. The summed E-state index contributed by atoms with van der Waals surface area (Å²) in [6, 6.07) is 9.84. The molecule has 0 aliphatic carbocycles. The van der Waals surface area contributed by atoms with E-state index in [0.717, 1.165) is 11.5 Å². The maximum atomic E-state index is 6.23. The maximum absolute atomic E-state index is 6.23. The quantitative estimate of drug-likeness (QED) is 0.861. The first-order chi connectivity index (χ1) is 8.00. The van der Waals surface area contributed by atoms with Crippen LogP contribution in [0.3, 0.4) is 0 Å². The molecule has 2 N–H and O–H groups in total. The lowest BCUT2D eigenvalue weighted by Crippen LogP contribution is -2.29. The van der Waals surface area contributed by atoms with Crippen molar-refractivity contribution in [2.24, 2.45) is 11.1 Å². The molecule has 0 bridgehead atoms. The number of nitrogens with zero attached hydrogens (tertiary/aromatic N) is 3. The Kier molecular flexibility index (Phi) is 2.98. The Labute approximate surface area is 101 Å². The van der Waals surface area contributed by atoms with E-state index < -0.39 is 0 Å². The highest BCUT2D eigenvalue weighted by Gasteiger charge is 2.26. The Hall–Kier alpha value is -1.68. The van der Waals surface area contributed by atoms with Crippen molar-refractivity contribution >= 4 is 0 Å². The van der Waals surface area contributed by atoms with Crippen LogP contribution >= 0.6 is 0 Å². The molecule has 2 aromatic rings. The van der Waals surface area contributed by atoms with Gasteiger partial charge in [-0.05, 0) is 17.5 Å². The maximum Gasteiger partial charge on any atom is 0.154 e. The molecule has 17 heavy (non-hydrogen) atoms. The van der Waals surface area contributed by atoms with E-state index in [9.17, 15) is 0 Å². The van der Waals surface area contributed by atoms with Crippen LogP contribution in [0.1, 0.15) is 32.6 Å². The molecule has 0 fully saturated rings. The van der Waals surface area contributed by atoms with E-state index >= 15 is 0 Å². The summed E-state index contributed by atoms with van der Waals surface area (Å²) in [6.45, 7) is 6.30. The van der Waals surface area contributed by atoms with Gasteiger partial charge in [-0.3, -0.25) is 4.57 Å². The van der Waals surface area contributed by atoms with Gasteiger partial charge in [0, 0.05) is 5.69 Å². The largest absolute Gasteiger partial charge is 0.321 e. The summed E-state index contributed by atoms with van der Waals surface area (Å²) in [6.07, 6.45) is 1.70. The molecule has 1 heterocycles. The van der Waals surface area contributed by atoms with Crippen molar-refractivity contribution in [2.75, 3.05) is 0 Å². The van der Waals surface area contributed by atoms with Crippen molar-refractivity contribution < 1.29 is 0 Å². The van der Waals surface area contributed by atoms with Gasteiger partial charge < -0.3 is 5.73 Å². The highest BCUT2D eigenvalue weighted by Crippen LogP contribution is 2.29. The fourth-order valence-electron chi connectivity index (χ4n) is 1.63. The zero-order chi connectivity index (χ0) is 12.5. The average Bonchev–Trinajstić information content (AvgIpc) is 2.76. The molecule has 1 atom stereocenters. The number of hydrogen-bond acceptors (Lipinski definition) is 3. The lowest BCUT2D eigenvalue weighted by molar-refractivity contribution is 0.312. The first-order valence-electron chi connectivity index (χ1n) is 5.71. The summed E-state index contributed by atoms with van der Waals surface area (Å²) in [5.74, 6) is 0.795. The van der Waals surface area contributed by atoms with E-state index in [1.54, 1.807) is 6.33 Å². The number of rotatable bonds is 2. The predicted octanol–water partition coefficient (Wildman–Crippen LogP) is 2.31. The summed E-state index contributed by atoms with van der Waals surface area (Å²) in [4.78, 5) is 0. The summed E-state index contributed by atoms with van der Waals surface area (Å²) in [5.41, 5.74) is 7.22. The minimum atomic E-state index is -0.148. The van der Waals surface area contributed by atoms with E-state index in [4.69, 9.17) is 5.73 Å². The lowest BCUT2D eigenvalue weighted by atomic mass is 9.87. The molecule has 1 aromatic carbocycles. The third kappa shape index (κ3) is 2.36. The van der Waals surface area contributed by atoms with E-state index in [-0.39, 0.29) is 11.5 Å². The zero-order valence-corrected chi connectivity index (χ0v) is 10.5. The van der Waals surface area contributed by atoms with Crippen LogP contribution in [0.25, 0.3) is 5.69 Å². The second-order valence-corrected chi connectivity index (χ2v) is 5.24. The van der Waals surface area contributed by atoms with Crippen LogP contribution in [0.4, 0.5) is 0 Å². The Bertz CT molecular complexity index is 482. The molecule has 90 valence electrons. The Morgan fingerprint density at radius 1 is 1.18 bits per heavy atom. The fourth-order valence-corrected chi connectivity index (χ4v) is 1.63. The van der Waals surface area contributed by atoms with Gasteiger partial charge in [-0.1, -0.05) is 39.0 Å². The third-order valence-electron chi connectivity index (χ3n) is 2.82. The topological polar surface area (TPSA) is 56.7 Å². The fraction of sp³-hybridized carbons (Fsp3) is 0.385. The molecule has 0 saturated heterocycles. The van der Waals surface area contributed by atoms with Crippen molar-refractivity contribution in [3.8, 4) is 5.69 Å². The smallest absolute Gasteiger partial charge is 0.154 e. The van der Waals surface area contributed by atoms with E-state index in [2.05, 4.69) is 31.0 Å². The molecule has 1 aromatic heterocycles. The molecule has 0 radical (unpaired) electrons. The molecule has 0 saturated carbocycles. The van der Waals surface area contributed by atoms with Gasteiger partial charge in [-0.25, -0.2) is 0 Å². The van der Waals surface area contributed by atoms with Crippen LogP contribution in [0.15, 0.2) is 36.7 Å². The first kappa shape index (κ1) is 11.8. The van der Waals surface area contributed by atoms with Crippen LogP contribution in [0, 0.1) is 5.41 Å². The normalized spacial score (nSPS) is 13.6. The van der Waals surface area contributed by atoms with Crippen molar-refractivity contribution in [2.45, 2.75) is 26.8 Å². The Morgan fingerprint density at radius 3 is 2.41 bits per heavy atom. The van der Waals surface area contributed by atoms with E-state index in [1.165, 1.54) is 0 Å². The number of aromatic nitrogens is 3. The van der Waals surface area contributed by atoms with Crippen LogP contribution < -0.4 is 5.73 Å². The molecule has 0 aliphatic heterocycles. The van der Waals surface area contributed by atoms with Gasteiger partial charge in [0.25, 0.3) is 0 Å². The third-order valence-corrected chi connectivity index (χ3v) is 2.82. The van der Waals surface area contributed by atoms with Gasteiger partial charge in [0.1, 0.15) is 6.33 Å². The van der Waals surface area contributed by atoms with Crippen molar-refractivity contribution in [1.29, 1.82) is 0 Å². The second-order valence-electron chi connectivity index (χ2n) is 5.24. The summed E-state index contributed by atoms with van der Waals surface area (Å²) >= 11 is 0. The minimum absolute atomic E-state index is 0.0421. The summed E-state index contributed by atoms with van der Waals surface area (Å²) in [5, 5.41) is 8.11. The minimum Gasteiger partial charge on any atom is -0.321 e. The highest BCUT2D eigenvalue weighted by atomic mass is 15.3. The summed E-state index contributed by atoms with van der Waals surface area (Å²) in [7, 11) is 0. The molecule has 4 heteroatoms. The lowest BCUT2D eigenvalue weighted by Gasteiger charge is -2.26. The first-order valence-corrected chi connectivity index (χ1v) is 5.71. The predicted molar refractivity (Wildman–Crippen MR) is 67.7 cm³/mol. The van der Waals surface area contributed by atoms with Gasteiger partial charge in [0.2, 0.25) is 0 Å². The molecular weight excluding hydrogens is 212 g/mol. The van der Waals surface area contributed by atoms with E-state index in [1.807, 2.05) is 34.9 Å². The summed E-state index contributed by atoms with van der Waals surface area (Å²) < 4.78 is 1.94. The molecule has 0 amide bonds. The van der Waals surface area contributed by atoms with Gasteiger partial charge >= 0.3 is 0 Å². The Morgan fingerprint density at radius 2 is 1.82 bits per heavy atom. The number of para-hydroxylation sites is 1. The molecule has 0 spiro atoms. The molecule has 1 unspecified atom stereocenters. The monoisotopic (exact) mass is 230 g/mol. The van der Waals surface area contributed by atoms with Crippen LogP contribution in [0.2, 0.25) is 0 Å². The van der Waals surface area contributed by atoms with Crippen molar-refractivity contribution in [1.82, 2.24) is 14.8 Å². The molecule has 0 aliphatic rings. The number of benzene rings is 1. The van der Waals surface area contributed by atoms with Gasteiger partial charge in [0.15, 0.2) is 5.82 Å². The van der Waals surface area contributed by atoms with Crippen LogP contribution in [-0.2, 0) is 0 Å². The standard InChI is InChI=1S/C13H18N4/c1-13(2,3)11(14)12-16-15-9-17(12)10-7-5-4-6-8-10/h4-9,11H,14H2,1-3H3. The van der Waals surface area contributed by atoms with Crippen LogP contribution in [-0.4, -0.2) is 14.8 Å². The van der Waals surface area contributed by atoms with Crippen molar-refractivity contribution in [3.63, 3.8) is 0 Å². The van der Waals surface area contributed by atoms with Gasteiger partial charge in [-0.15, -0.1) is 10.2 Å². The SMILES string of the molecule is CC(C)(C)C(N)c1nncn1-c1ccccc1. The van der Waals surface area contributed by atoms with Crippen LogP contribution in [0.5, 0.6) is 0 Å². The van der Waals surface area contributed by atoms with Crippen molar-refractivity contribution in [3.05, 3.63) is 42.5 Å². The highest BCUT2D eigenvalue weighted by molar-refractivity contribution is 5.32. The second kappa shape index (κ2) is 4.30. The number of nitrogens with two attached hydrogens (primary N) is 1. The average molecular weight is 230 g/mol. The molecule has 2 rings (SSSR count). The van der Waals surface area contributed by atoms with Gasteiger partial charge in [-0.2, -0.15) is 0 Å². The molecular formula is C13H18N4. The van der Waals surface area contributed by atoms with Gasteiger partial charge in [0.05, 0.1) is 6.04 Å². The molecule has 4 nitrogen and oxygen atoms in total.